The van der Waals surface area contributed by atoms with Crippen molar-refractivity contribution in [3.8, 4) is 11.1 Å². The highest BCUT2D eigenvalue weighted by atomic mass is 127. The zero-order chi connectivity index (χ0) is 18.9. The third kappa shape index (κ3) is 2.52. The first-order valence-electron chi connectivity index (χ1n) is 9.72. The second-order valence-corrected chi connectivity index (χ2v) is 7.98. The molecule has 3 atom stereocenters. The summed E-state index contributed by atoms with van der Waals surface area (Å²) in [6.07, 6.45) is 7.39. The molecule has 0 spiro atoms. The summed E-state index contributed by atoms with van der Waals surface area (Å²) in [5, 5.41) is 0. The van der Waals surface area contributed by atoms with Gasteiger partial charge in [0.15, 0.2) is 17.6 Å². The molecule has 1 N–H and O–H groups in total. The maximum Gasteiger partial charge on any atom is 0.169 e. The van der Waals surface area contributed by atoms with Gasteiger partial charge in [-0.05, 0) is 32.0 Å². The van der Waals surface area contributed by atoms with Crippen molar-refractivity contribution in [3.63, 3.8) is 0 Å². The van der Waals surface area contributed by atoms with Gasteiger partial charge < -0.3 is 38.7 Å². The van der Waals surface area contributed by atoms with Crippen LogP contribution >= 0.6 is 0 Å². The van der Waals surface area contributed by atoms with Crippen molar-refractivity contribution in [2.75, 3.05) is 19.0 Å². The Morgan fingerprint density at radius 2 is 1.57 bits per heavy atom. The fraction of sp³-hybridized carbons (Fsp3) is 0.304. The Morgan fingerprint density at radius 3 is 2.25 bits per heavy atom. The third-order valence-electron chi connectivity index (χ3n) is 6.60. The van der Waals surface area contributed by atoms with Crippen molar-refractivity contribution in [2.24, 2.45) is 0 Å². The number of fused-ring (bicyclic) bond motifs is 6. The van der Waals surface area contributed by atoms with Crippen LogP contribution in [0.25, 0.3) is 16.8 Å². The average Bonchev–Trinajstić information content (AvgIpc) is 3.16. The summed E-state index contributed by atoms with van der Waals surface area (Å²) in [6, 6.07) is 13.5. The van der Waals surface area contributed by atoms with E-state index < -0.39 is 0 Å². The minimum absolute atomic E-state index is 0. The predicted molar refractivity (Wildman–Crippen MR) is 111 cm³/mol. The van der Waals surface area contributed by atoms with Gasteiger partial charge in [0, 0.05) is 55.7 Å². The van der Waals surface area contributed by atoms with Gasteiger partial charge in [0.05, 0.1) is 11.9 Å². The molecule has 0 amide bonds. The van der Waals surface area contributed by atoms with Crippen LogP contribution in [0.5, 0.6) is 0 Å². The smallest absolute Gasteiger partial charge is 0.169 e. The summed E-state index contributed by atoms with van der Waals surface area (Å²) in [5.41, 5.74) is 9.55. The van der Waals surface area contributed by atoms with E-state index in [0.717, 1.165) is 0 Å². The van der Waals surface area contributed by atoms with E-state index in [2.05, 4.69) is 105 Å². The lowest BCUT2D eigenvalue weighted by molar-refractivity contribution is -0.786. The Kier molecular flexibility index (Phi) is 4.70. The van der Waals surface area contributed by atoms with Gasteiger partial charge in [0.1, 0.15) is 6.17 Å². The zero-order valence-electron chi connectivity index (χ0n) is 17.1. The second-order valence-electron chi connectivity index (χ2n) is 7.98. The number of nitrogens with one attached hydrogen (secondary N) is 1. The second kappa shape index (κ2) is 6.81. The molecule has 0 bridgehead atoms. The van der Waals surface area contributed by atoms with E-state index in [0.29, 0.717) is 12.3 Å². The summed E-state index contributed by atoms with van der Waals surface area (Å²) in [4.78, 5) is 8.44. The van der Waals surface area contributed by atoms with E-state index in [-0.39, 0.29) is 24.0 Å². The van der Waals surface area contributed by atoms with Crippen LogP contribution < -0.4 is 33.8 Å². The summed E-state index contributed by atoms with van der Waals surface area (Å²) in [6.45, 7) is 6.85. The predicted octanol–water partition coefficient (Wildman–Crippen LogP) is 0.355. The van der Waals surface area contributed by atoms with Crippen LogP contribution in [0.15, 0.2) is 55.0 Å². The average molecular weight is 486 g/mol. The van der Waals surface area contributed by atoms with Gasteiger partial charge in [-0.1, -0.05) is 18.2 Å². The molecule has 2 aromatic carbocycles. The summed E-state index contributed by atoms with van der Waals surface area (Å²) < 4.78 is 0. The quantitative estimate of drug-likeness (QED) is 0.586. The molecule has 0 fully saturated rings. The lowest BCUT2D eigenvalue weighted by Crippen LogP contribution is -3.08. The highest BCUT2D eigenvalue weighted by Gasteiger charge is 2.42. The molecule has 146 valence electrons. The van der Waals surface area contributed by atoms with Gasteiger partial charge in [-0.2, -0.15) is 0 Å². The molecule has 3 aliphatic heterocycles. The molecule has 3 heterocycles. The van der Waals surface area contributed by atoms with Gasteiger partial charge in [-0.15, -0.1) is 0 Å². The highest BCUT2D eigenvalue weighted by Crippen LogP contribution is 2.43. The third-order valence-corrected chi connectivity index (χ3v) is 6.60. The molecule has 0 saturated carbocycles. The summed E-state index contributed by atoms with van der Waals surface area (Å²) in [5.74, 6) is 0. The lowest BCUT2D eigenvalue weighted by Gasteiger charge is -2.34. The van der Waals surface area contributed by atoms with Gasteiger partial charge >= 0.3 is 0 Å². The normalized spacial score (nSPS) is 24.5. The van der Waals surface area contributed by atoms with Gasteiger partial charge in [0.25, 0.3) is 0 Å². The molecule has 5 heteroatoms. The van der Waals surface area contributed by atoms with Gasteiger partial charge in [-0.25, -0.2) is 4.90 Å². The van der Waals surface area contributed by atoms with Crippen LogP contribution in [0.4, 0.5) is 11.4 Å². The molecule has 3 aliphatic rings. The first kappa shape index (κ1) is 19.3. The molecule has 5 rings (SSSR count). The van der Waals surface area contributed by atoms with E-state index in [4.69, 9.17) is 0 Å². The minimum atomic E-state index is 0. The van der Waals surface area contributed by atoms with Crippen LogP contribution in [0, 0.1) is 6.92 Å². The van der Waals surface area contributed by atoms with Crippen LogP contribution in [-0.2, 0) is 0 Å². The Labute approximate surface area is 184 Å². The van der Waals surface area contributed by atoms with Crippen molar-refractivity contribution < 1.29 is 28.9 Å². The summed E-state index contributed by atoms with van der Waals surface area (Å²) >= 11 is 0. The molecule has 4 nitrogen and oxygen atoms in total. The Balaban J connectivity index is 0.00000192. The number of rotatable bonds is 1. The van der Waals surface area contributed by atoms with Crippen molar-refractivity contribution in [1.82, 2.24) is 9.80 Å². The number of hydrogen-bond donors (Lipinski definition) is 1. The Hall–Kier alpha value is -1.99. The molecule has 0 aromatic heterocycles. The SMILES string of the molecule is Cc1c(N2C=CN(C)[C@H]2C)ccc2c1[NH+]1C(=CN(C)[C@@H]1C)c1ccccc1-2.[I-]. The van der Waals surface area contributed by atoms with E-state index >= 15 is 0 Å². The molecule has 1 unspecified atom stereocenters. The van der Waals surface area contributed by atoms with E-state index in [1.165, 1.54) is 44.2 Å². The highest BCUT2D eigenvalue weighted by molar-refractivity contribution is 5.91. The standard InChI is InChI=1S/C23H26N4.HI/c1-15-21(26-13-12-24(4)16(26)2)11-10-20-18-8-6-7-9-19(18)22-14-25(5)17(3)27(22)23(15)20;/h6-14,16-17H,1-5H3;1H/t16-,17+;/m1./s1. The first-order valence-corrected chi connectivity index (χ1v) is 9.72. The van der Waals surface area contributed by atoms with Crippen molar-refractivity contribution in [1.29, 1.82) is 0 Å². The van der Waals surface area contributed by atoms with Crippen LogP contribution in [-0.4, -0.2) is 36.2 Å². The first-order chi connectivity index (χ1) is 13.0. The van der Waals surface area contributed by atoms with Crippen molar-refractivity contribution in [2.45, 2.75) is 33.1 Å². The van der Waals surface area contributed by atoms with Crippen molar-refractivity contribution >= 4 is 17.1 Å². The Bertz CT molecular complexity index is 996. The molecule has 0 aliphatic carbocycles. The molecule has 2 aromatic rings. The van der Waals surface area contributed by atoms with E-state index in [1.54, 1.807) is 0 Å². The van der Waals surface area contributed by atoms with E-state index in [9.17, 15) is 0 Å². The lowest BCUT2D eigenvalue weighted by atomic mass is 9.89. The number of halogens is 1. The monoisotopic (exact) mass is 486 g/mol. The number of anilines is 1. The van der Waals surface area contributed by atoms with E-state index in [1.807, 2.05) is 0 Å². The van der Waals surface area contributed by atoms with Crippen LogP contribution in [0.3, 0.4) is 0 Å². The molecule has 0 radical (unpaired) electrons. The number of hydrogen-bond acceptors (Lipinski definition) is 3. The van der Waals surface area contributed by atoms with Gasteiger partial charge in [0.2, 0.25) is 0 Å². The van der Waals surface area contributed by atoms with Gasteiger partial charge in [-0.3, -0.25) is 0 Å². The maximum atomic E-state index is 2.38. The van der Waals surface area contributed by atoms with Crippen LogP contribution in [0.1, 0.15) is 25.0 Å². The summed E-state index contributed by atoms with van der Waals surface area (Å²) in [7, 11) is 4.32. The molecule has 0 saturated heterocycles. The fourth-order valence-corrected chi connectivity index (χ4v) is 4.78. The number of quaternary nitrogens is 1. The maximum absolute atomic E-state index is 2.38. The van der Waals surface area contributed by atoms with Crippen LogP contribution in [0.2, 0.25) is 0 Å². The Morgan fingerprint density at radius 1 is 0.857 bits per heavy atom. The number of benzene rings is 2. The largest absolute Gasteiger partial charge is 1.00 e. The molecule has 28 heavy (non-hydrogen) atoms. The molecular weight excluding hydrogens is 459 g/mol. The molecular formula is C23H27IN4. The number of nitrogens with zero attached hydrogens (tertiary/aromatic N) is 3. The minimum Gasteiger partial charge on any atom is -1.00 e. The fourth-order valence-electron chi connectivity index (χ4n) is 4.78. The van der Waals surface area contributed by atoms with Crippen molar-refractivity contribution in [3.05, 3.63) is 66.1 Å². The zero-order valence-corrected chi connectivity index (χ0v) is 19.2. The topological polar surface area (TPSA) is 14.2 Å².